The van der Waals surface area contributed by atoms with Gasteiger partial charge in [-0.05, 0) is 36.9 Å². The maximum Gasteiger partial charge on any atom is 0.168 e. The molecule has 0 aromatic carbocycles. The number of hydrogen-bond acceptors (Lipinski definition) is 2. The number of hydrogen-bond donors (Lipinski definition) is 1. The molecule has 1 fully saturated rings. The van der Waals surface area contributed by atoms with Gasteiger partial charge in [-0.25, -0.2) is 0 Å². The van der Waals surface area contributed by atoms with E-state index in [9.17, 15) is 0 Å². The van der Waals surface area contributed by atoms with Crippen LogP contribution in [0.4, 0.5) is 0 Å². The van der Waals surface area contributed by atoms with Crippen LogP contribution in [-0.4, -0.2) is 43.4 Å². The Morgan fingerprint density at radius 3 is 2.88 bits per heavy atom. The van der Waals surface area contributed by atoms with Crippen molar-refractivity contribution in [3.05, 3.63) is 0 Å². The topological polar surface area (TPSA) is 24.5 Å². The maximum absolute atomic E-state index is 5.40. The van der Waals surface area contributed by atoms with Gasteiger partial charge in [-0.15, -0.1) is 0 Å². The first kappa shape index (κ1) is 13.7. The van der Waals surface area contributed by atoms with E-state index in [0.717, 1.165) is 37.8 Å². The van der Waals surface area contributed by atoms with Gasteiger partial charge in [-0.1, -0.05) is 13.8 Å². The first-order valence-electron chi connectivity index (χ1n) is 6.07. The second-order valence-electron chi connectivity index (χ2n) is 5.27. The summed E-state index contributed by atoms with van der Waals surface area (Å²) in [5.74, 6) is 0. The number of nitrogens with one attached hydrogen (secondary N) is 1. The van der Waals surface area contributed by atoms with E-state index in [4.69, 9.17) is 17.0 Å². The summed E-state index contributed by atoms with van der Waals surface area (Å²) in [6, 6.07) is 0. The summed E-state index contributed by atoms with van der Waals surface area (Å²) in [5, 5.41) is 4.21. The van der Waals surface area contributed by atoms with Crippen LogP contribution in [-0.2, 0) is 4.74 Å². The second kappa shape index (κ2) is 6.40. The van der Waals surface area contributed by atoms with E-state index in [-0.39, 0.29) is 0 Å². The molecule has 16 heavy (non-hydrogen) atoms. The highest BCUT2D eigenvalue weighted by atomic mass is 32.1. The molecule has 1 saturated heterocycles. The molecule has 1 heterocycles. The Morgan fingerprint density at radius 2 is 2.25 bits per heavy atom. The minimum atomic E-state index is 0.399. The average molecular weight is 244 g/mol. The molecule has 1 aliphatic rings. The van der Waals surface area contributed by atoms with Gasteiger partial charge in [0, 0.05) is 33.4 Å². The van der Waals surface area contributed by atoms with Gasteiger partial charge in [-0.2, -0.15) is 0 Å². The summed E-state index contributed by atoms with van der Waals surface area (Å²) >= 11 is 5.40. The molecule has 0 atom stereocenters. The predicted molar refractivity (Wildman–Crippen MR) is 71.7 cm³/mol. The fourth-order valence-electron chi connectivity index (χ4n) is 2.12. The Balaban J connectivity index is 2.25. The molecule has 0 spiro atoms. The summed E-state index contributed by atoms with van der Waals surface area (Å²) in [7, 11) is 1.73. The van der Waals surface area contributed by atoms with E-state index in [0.29, 0.717) is 5.41 Å². The lowest BCUT2D eigenvalue weighted by molar-refractivity contribution is 0.175. The van der Waals surface area contributed by atoms with Crippen molar-refractivity contribution >= 4 is 17.3 Å². The number of rotatable bonds is 4. The van der Waals surface area contributed by atoms with Crippen molar-refractivity contribution in [1.82, 2.24) is 10.2 Å². The number of ether oxygens (including phenoxy) is 1. The van der Waals surface area contributed by atoms with E-state index in [1.54, 1.807) is 7.11 Å². The largest absolute Gasteiger partial charge is 0.385 e. The molecule has 4 heteroatoms. The zero-order chi connectivity index (χ0) is 12.0. The molecule has 1 rings (SSSR count). The highest BCUT2D eigenvalue weighted by Gasteiger charge is 2.27. The van der Waals surface area contributed by atoms with Crippen LogP contribution in [0.1, 0.15) is 33.1 Å². The Hall–Kier alpha value is -0.350. The number of piperidine rings is 1. The quantitative estimate of drug-likeness (QED) is 0.604. The van der Waals surface area contributed by atoms with Gasteiger partial charge in [0.25, 0.3) is 0 Å². The number of methoxy groups -OCH3 is 1. The van der Waals surface area contributed by atoms with Crippen LogP contribution in [0.5, 0.6) is 0 Å². The summed E-state index contributed by atoms with van der Waals surface area (Å²) in [4.78, 5) is 2.30. The van der Waals surface area contributed by atoms with Gasteiger partial charge in [-0.3, -0.25) is 0 Å². The van der Waals surface area contributed by atoms with Crippen LogP contribution in [0.3, 0.4) is 0 Å². The van der Waals surface area contributed by atoms with Crippen molar-refractivity contribution < 1.29 is 4.74 Å². The van der Waals surface area contributed by atoms with Crippen molar-refractivity contribution in [3.63, 3.8) is 0 Å². The molecule has 0 bridgehead atoms. The molecule has 0 radical (unpaired) electrons. The molecule has 0 amide bonds. The molecule has 1 aliphatic heterocycles. The lowest BCUT2D eigenvalue weighted by Crippen LogP contribution is -2.48. The fraction of sp³-hybridized carbons (Fsp3) is 0.917. The van der Waals surface area contributed by atoms with Crippen LogP contribution >= 0.6 is 12.2 Å². The SMILES string of the molecule is COCCCNC(=S)N1CCCC(C)(C)C1. The normalized spacial score (nSPS) is 19.6. The summed E-state index contributed by atoms with van der Waals surface area (Å²) < 4.78 is 5.01. The van der Waals surface area contributed by atoms with E-state index in [1.807, 2.05) is 0 Å². The van der Waals surface area contributed by atoms with Crippen molar-refractivity contribution in [2.75, 3.05) is 33.4 Å². The number of thiocarbonyl (C=S) groups is 1. The third-order valence-corrected chi connectivity index (χ3v) is 3.39. The van der Waals surface area contributed by atoms with Gasteiger partial charge < -0.3 is 15.0 Å². The van der Waals surface area contributed by atoms with Crippen molar-refractivity contribution in [2.24, 2.45) is 5.41 Å². The summed E-state index contributed by atoms with van der Waals surface area (Å²) in [6.45, 7) is 8.49. The van der Waals surface area contributed by atoms with Gasteiger partial charge in [0.05, 0.1) is 0 Å². The van der Waals surface area contributed by atoms with E-state index < -0.39 is 0 Å². The van der Waals surface area contributed by atoms with Crippen LogP contribution in [0.2, 0.25) is 0 Å². The minimum Gasteiger partial charge on any atom is -0.385 e. The van der Waals surface area contributed by atoms with E-state index in [1.165, 1.54) is 12.8 Å². The van der Waals surface area contributed by atoms with E-state index >= 15 is 0 Å². The number of nitrogens with zero attached hydrogens (tertiary/aromatic N) is 1. The summed E-state index contributed by atoms with van der Waals surface area (Å²) in [5.41, 5.74) is 0.399. The first-order valence-corrected chi connectivity index (χ1v) is 6.48. The lowest BCUT2D eigenvalue weighted by Gasteiger charge is -2.39. The first-order chi connectivity index (χ1) is 7.55. The maximum atomic E-state index is 5.40. The monoisotopic (exact) mass is 244 g/mol. The van der Waals surface area contributed by atoms with Crippen LogP contribution in [0.25, 0.3) is 0 Å². The Labute approximate surface area is 105 Å². The third-order valence-electron chi connectivity index (χ3n) is 2.99. The van der Waals surface area contributed by atoms with Gasteiger partial charge in [0.1, 0.15) is 0 Å². The summed E-state index contributed by atoms with van der Waals surface area (Å²) in [6.07, 6.45) is 3.55. The Kier molecular flexibility index (Phi) is 5.49. The molecule has 0 saturated carbocycles. The highest BCUT2D eigenvalue weighted by Crippen LogP contribution is 2.28. The molecule has 0 unspecified atom stereocenters. The van der Waals surface area contributed by atoms with Crippen LogP contribution < -0.4 is 5.32 Å². The van der Waals surface area contributed by atoms with Crippen molar-refractivity contribution in [1.29, 1.82) is 0 Å². The molecule has 1 N–H and O–H groups in total. The van der Waals surface area contributed by atoms with Crippen molar-refractivity contribution in [3.8, 4) is 0 Å². The van der Waals surface area contributed by atoms with Crippen LogP contribution in [0, 0.1) is 5.41 Å². The standard InChI is InChI=1S/C12H24N2OS/c1-12(2)6-4-8-14(10-12)11(16)13-7-5-9-15-3/h4-10H2,1-3H3,(H,13,16). The van der Waals surface area contributed by atoms with Gasteiger partial charge in [0.2, 0.25) is 0 Å². The molecular formula is C12H24N2OS. The van der Waals surface area contributed by atoms with Gasteiger partial charge >= 0.3 is 0 Å². The third kappa shape index (κ3) is 4.66. The smallest absolute Gasteiger partial charge is 0.168 e. The predicted octanol–water partition coefficient (Wildman–Crippen LogP) is 2.02. The van der Waals surface area contributed by atoms with E-state index in [2.05, 4.69) is 24.1 Å². The number of likely N-dealkylation sites (tertiary alicyclic amines) is 1. The Morgan fingerprint density at radius 1 is 1.50 bits per heavy atom. The van der Waals surface area contributed by atoms with Crippen LogP contribution in [0.15, 0.2) is 0 Å². The van der Waals surface area contributed by atoms with Gasteiger partial charge in [0.15, 0.2) is 5.11 Å². The minimum absolute atomic E-state index is 0.399. The molecule has 94 valence electrons. The second-order valence-corrected chi connectivity index (χ2v) is 5.65. The molecule has 3 nitrogen and oxygen atoms in total. The Bertz CT molecular complexity index is 231. The van der Waals surface area contributed by atoms with Crippen molar-refractivity contribution in [2.45, 2.75) is 33.1 Å². The zero-order valence-electron chi connectivity index (χ0n) is 10.7. The molecule has 0 aliphatic carbocycles. The highest BCUT2D eigenvalue weighted by molar-refractivity contribution is 7.80. The zero-order valence-corrected chi connectivity index (χ0v) is 11.5. The average Bonchev–Trinajstić information content (AvgIpc) is 2.22. The lowest BCUT2D eigenvalue weighted by atomic mass is 9.84. The molecule has 0 aromatic rings. The fourth-order valence-corrected chi connectivity index (χ4v) is 2.38. The molecular weight excluding hydrogens is 220 g/mol. The molecule has 0 aromatic heterocycles.